The number of aromatic nitrogens is 2. The van der Waals surface area contributed by atoms with Crippen LogP contribution in [0, 0.1) is 25.2 Å². The lowest BCUT2D eigenvalue weighted by atomic mass is 10.1. The Hall–Kier alpha value is -4.11. The number of hydrogen-bond acceptors (Lipinski definition) is 5. The normalized spacial score (nSPS) is 10.6. The van der Waals surface area contributed by atoms with Crippen LogP contribution < -0.4 is 4.74 Å². The van der Waals surface area contributed by atoms with Gasteiger partial charge < -0.3 is 14.0 Å². The maximum atomic E-state index is 12.8. The van der Waals surface area contributed by atoms with Crippen LogP contribution in [0.4, 0.5) is 0 Å². The van der Waals surface area contributed by atoms with Crippen molar-refractivity contribution in [1.29, 1.82) is 5.26 Å². The summed E-state index contributed by atoms with van der Waals surface area (Å²) in [6.45, 7) is 6.00. The number of nitrogens with zero attached hydrogens (tertiary/aromatic N) is 3. The van der Waals surface area contributed by atoms with Gasteiger partial charge in [0.25, 0.3) is 0 Å². The van der Waals surface area contributed by atoms with E-state index in [1.807, 2.05) is 48.7 Å². The van der Waals surface area contributed by atoms with Crippen molar-refractivity contribution in [2.45, 2.75) is 20.8 Å². The highest BCUT2D eigenvalue weighted by Crippen LogP contribution is 2.34. The summed E-state index contributed by atoms with van der Waals surface area (Å²) in [7, 11) is 0. The van der Waals surface area contributed by atoms with E-state index < -0.39 is 0 Å². The van der Waals surface area contributed by atoms with Gasteiger partial charge in [-0.3, -0.25) is 0 Å². The highest BCUT2D eigenvalue weighted by molar-refractivity contribution is 6.07. The van der Waals surface area contributed by atoms with Crippen molar-refractivity contribution in [3.8, 4) is 23.4 Å². The maximum Gasteiger partial charge on any atom is 0.340 e. The molecule has 0 saturated heterocycles. The van der Waals surface area contributed by atoms with Crippen LogP contribution >= 0.6 is 0 Å². The van der Waals surface area contributed by atoms with Crippen LogP contribution in [-0.2, 0) is 4.74 Å². The smallest absolute Gasteiger partial charge is 0.340 e. The summed E-state index contributed by atoms with van der Waals surface area (Å²) < 4.78 is 13.2. The van der Waals surface area contributed by atoms with Gasteiger partial charge in [0.15, 0.2) is 0 Å². The zero-order chi connectivity index (χ0) is 22.0. The van der Waals surface area contributed by atoms with Crippen molar-refractivity contribution in [3.63, 3.8) is 0 Å². The number of carbonyl (C=O) groups excluding carboxylic acids is 1. The number of esters is 1. The average Bonchev–Trinajstić information content (AvgIpc) is 3.06. The van der Waals surface area contributed by atoms with Crippen LogP contribution in [0.15, 0.2) is 60.8 Å². The fourth-order valence-corrected chi connectivity index (χ4v) is 3.62. The summed E-state index contributed by atoms with van der Waals surface area (Å²) in [5.74, 6) is 0.314. The second-order valence-electron chi connectivity index (χ2n) is 7.10. The van der Waals surface area contributed by atoms with Crippen LogP contribution in [-0.4, -0.2) is 22.1 Å². The lowest BCUT2D eigenvalue weighted by Crippen LogP contribution is -2.07. The molecule has 0 aliphatic heterocycles. The summed E-state index contributed by atoms with van der Waals surface area (Å²) in [4.78, 5) is 17.0. The van der Waals surface area contributed by atoms with E-state index in [4.69, 9.17) is 9.47 Å². The van der Waals surface area contributed by atoms with Crippen LogP contribution in [0.5, 0.6) is 11.6 Å². The molecule has 31 heavy (non-hydrogen) atoms. The number of ether oxygens (including phenoxy) is 2. The standard InChI is InChI=1S/C25H21N3O3/c1-4-30-25(29)23-17(3)28(19-9-7-16(2)8-10-19)22-12-11-20(14-21(22)23)31-24-18(15-26)6-5-13-27-24/h5-14H,4H2,1-3H3. The Labute approximate surface area is 180 Å². The number of hydrogen-bond donors (Lipinski definition) is 0. The molecule has 4 aromatic rings. The summed E-state index contributed by atoms with van der Waals surface area (Å²) in [5.41, 5.74) is 4.57. The van der Waals surface area contributed by atoms with Gasteiger partial charge in [0.2, 0.25) is 5.88 Å². The third kappa shape index (κ3) is 3.74. The van der Waals surface area contributed by atoms with Crippen molar-refractivity contribution in [2.24, 2.45) is 0 Å². The van der Waals surface area contributed by atoms with E-state index in [0.29, 0.717) is 22.3 Å². The number of aryl methyl sites for hydroxylation is 1. The first kappa shape index (κ1) is 20.2. The second kappa shape index (κ2) is 8.33. The molecule has 154 valence electrons. The predicted molar refractivity (Wildman–Crippen MR) is 118 cm³/mol. The van der Waals surface area contributed by atoms with Gasteiger partial charge in [-0.05, 0) is 63.2 Å². The number of carbonyl (C=O) groups is 1. The molecule has 0 radical (unpaired) electrons. The first-order valence-corrected chi connectivity index (χ1v) is 9.95. The molecule has 0 aliphatic rings. The number of pyridine rings is 1. The molecule has 0 N–H and O–H groups in total. The van der Waals surface area contributed by atoms with Crippen LogP contribution in [0.2, 0.25) is 0 Å². The number of nitriles is 1. The summed E-state index contributed by atoms with van der Waals surface area (Å²) in [5, 5.41) is 10.0. The predicted octanol–water partition coefficient (Wildman–Crippen LogP) is 5.48. The molecule has 0 amide bonds. The Morgan fingerprint density at radius 1 is 1.13 bits per heavy atom. The van der Waals surface area contributed by atoms with E-state index in [1.54, 1.807) is 37.4 Å². The Morgan fingerprint density at radius 2 is 1.90 bits per heavy atom. The minimum atomic E-state index is -0.386. The lowest BCUT2D eigenvalue weighted by Gasteiger charge is -2.10. The van der Waals surface area contributed by atoms with Gasteiger partial charge >= 0.3 is 5.97 Å². The van der Waals surface area contributed by atoms with E-state index in [-0.39, 0.29) is 18.5 Å². The largest absolute Gasteiger partial charge is 0.462 e. The Balaban J connectivity index is 1.89. The molecule has 0 fully saturated rings. The molecule has 2 aromatic heterocycles. The third-order valence-corrected chi connectivity index (χ3v) is 5.05. The summed E-state index contributed by atoms with van der Waals surface area (Å²) >= 11 is 0. The van der Waals surface area contributed by atoms with Gasteiger partial charge in [-0.15, -0.1) is 0 Å². The molecule has 2 aromatic carbocycles. The minimum absolute atomic E-state index is 0.219. The van der Waals surface area contributed by atoms with Gasteiger partial charge in [0.05, 0.1) is 17.7 Å². The lowest BCUT2D eigenvalue weighted by molar-refractivity contribution is 0.0527. The van der Waals surface area contributed by atoms with E-state index in [9.17, 15) is 10.1 Å². The molecule has 0 unspecified atom stereocenters. The molecular weight excluding hydrogens is 390 g/mol. The van der Waals surface area contributed by atoms with Crippen LogP contribution in [0.1, 0.15) is 34.1 Å². The molecule has 6 heteroatoms. The van der Waals surface area contributed by atoms with Gasteiger partial charge in [-0.1, -0.05) is 17.7 Å². The second-order valence-corrected chi connectivity index (χ2v) is 7.10. The molecule has 0 atom stereocenters. The van der Waals surface area contributed by atoms with Crippen molar-refractivity contribution >= 4 is 16.9 Å². The molecule has 0 aliphatic carbocycles. The van der Waals surface area contributed by atoms with Crippen molar-refractivity contribution in [3.05, 3.63) is 83.2 Å². The molecule has 6 nitrogen and oxygen atoms in total. The SMILES string of the molecule is CCOC(=O)c1c(C)n(-c2ccc(C)cc2)c2ccc(Oc3ncccc3C#N)cc12. The van der Waals surface area contributed by atoms with Gasteiger partial charge in [0.1, 0.15) is 17.4 Å². The molecule has 0 spiro atoms. The summed E-state index contributed by atoms with van der Waals surface area (Å²) in [6.07, 6.45) is 1.57. The Kier molecular flexibility index (Phi) is 5.42. The van der Waals surface area contributed by atoms with Gasteiger partial charge in [0, 0.05) is 23.0 Å². The average molecular weight is 411 g/mol. The quantitative estimate of drug-likeness (QED) is 0.406. The molecular formula is C25H21N3O3. The first-order chi connectivity index (χ1) is 15.0. The molecule has 4 rings (SSSR count). The highest BCUT2D eigenvalue weighted by atomic mass is 16.5. The van der Waals surface area contributed by atoms with Crippen LogP contribution in [0.25, 0.3) is 16.6 Å². The number of fused-ring (bicyclic) bond motifs is 1. The van der Waals surface area contributed by atoms with E-state index in [0.717, 1.165) is 22.5 Å². The minimum Gasteiger partial charge on any atom is -0.462 e. The summed E-state index contributed by atoms with van der Waals surface area (Å²) in [6, 6.07) is 19.0. The Morgan fingerprint density at radius 3 is 2.61 bits per heavy atom. The van der Waals surface area contributed by atoms with E-state index in [2.05, 4.69) is 11.1 Å². The molecule has 0 saturated carbocycles. The van der Waals surface area contributed by atoms with E-state index in [1.165, 1.54) is 0 Å². The van der Waals surface area contributed by atoms with Crippen molar-refractivity contribution in [2.75, 3.05) is 6.61 Å². The molecule has 0 bridgehead atoms. The van der Waals surface area contributed by atoms with E-state index >= 15 is 0 Å². The Bertz CT molecular complexity index is 1310. The van der Waals surface area contributed by atoms with Crippen molar-refractivity contribution < 1.29 is 14.3 Å². The topological polar surface area (TPSA) is 77.1 Å². The number of benzene rings is 2. The zero-order valence-electron chi connectivity index (χ0n) is 17.5. The number of rotatable bonds is 5. The first-order valence-electron chi connectivity index (χ1n) is 9.95. The van der Waals surface area contributed by atoms with Crippen molar-refractivity contribution in [1.82, 2.24) is 9.55 Å². The van der Waals surface area contributed by atoms with Gasteiger partial charge in [-0.25, -0.2) is 9.78 Å². The van der Waals surface area contributed by atoms with Crippen LogP contribution in [0.3, 0.4) is 0 Å². The maximum absolute atomic E-state index is 12.8. The highest BCUT2D eigenvalue weighted by Gasteiger charge is 2.22. The zero-order valence-corrected chi connectivity index (χ0v) is 17.5. The fourth-order valence-electron chi connectivity index (χ4n) is 3.62. The molecule has 2 heterocycles. The van der Waals surface area contributed by atoms with Gasteiger partial charge in [-0.2, -0.15) is 5.26 Å². The fraction of sp³-hybridized carbons (Fsp3) is 0.160. The third-order valence-electron chi connectivity index (χ3n) is 5.05. The monoisotopic (exact) mass is 411 g/mol.